The molecule has 2 aromatic heterocycles. The van der Waals surface area contributed by atoms with Crippen molar-refractivity contribution in [3.63, 3.8) is 0 Å². The minimum Gasteiger partial charge on any atom is -0.412 e. The number of ether oxygens (including phenoxy) is 2. The molecule has 0 saturated carbocycles. The van der Waals surface area contributed by atoms with Crippen LogP contribution >= 0.6 is 0 Å². The molecule has 291 valence electrons. The van der Waals surface area contributed by atoms with E-state index in [1.54, 1.807) is 6.07 Å². The van der Waals surface area contributed by atoms with E-state index in [9.17, 15) is 13.0 Å². The molecule has 0 unspecified atom stereocenters. The third kappa shape index (κ3) is 6.73. The van der Waals surface area contributed by atoms with Crippen molar-refractivity contribution in [1.82, 2.24) is 5.11 Å². The molecular formula is C42H37InN8NaO6S. The van der Waals surface area contributed by atoms with Crippen LogP contribution in [0.1, 0.15) is 72.9 Å². The summed E-state index contributed by atoms with van der Waals surface area (Å²) in [4.78, 5) is 31.2. The molecule has 2 N–H and O–H groups in total. The van der Waals surface area contributed by atoms with Gasteiger partial charge in [-0.2, -0.15) is 0 Å². The van der Waals surface area contributed by atoms with Crippen LogP contribution in [0.15, 0.2) is 102 Å². The van der Waals surface area contributed by atoms with E-state index in [1.807, 2.05) is 42.5 Å². The zero-order valence-electron chi connectivity index (χ0n) is 33.2. The number of benzene rings is 4. The molecule has 1 radical (unpaired) electrons. The predicted molar refractivity (Wildman–Crippen MR) is 223 cm³/mol. The summed E-state index contributed by atoms with van der Waals surface area (Å²) in [6, 6.07) is 20.3. The van der Waals surface area contributed by atoms with Crippen LogP contribution in [0.4, 0.5) is 11.6 Å². The molecule has 4 aliphatic rings. The van der Waals surface area contributed by atoms with Gasteiger partial charge in [-0.25, -0.2) is 0 Å². The molecule has 0 fully saturated rings. The van der Waals surface area contributed by atoms with Crippen molar-refractivity contribution in [3.8, 4) is 11.5 Å². The molecule has 0 saturated heterocycles. The molecule has 4 aliphatic heterocycles. The van der Waals surface area contributed by atoms with E-state index in [4.69, 9.17) is 39.4 Å². The van der Waals surface area contributed by atoms with E-state index >= 15 is 0 Å². The third-order valence-electron chi connectivity index (χ3n) is 10.7. The Balaban J connectivity index is 0.00000242. The fourth-order valence-corrected chi connectivity index (χ4v) is 12.4. The summed E-state index contributed by atoms with van der Waals surface area (Å²) >= 11 is -2.45. The molecular weight excluding hydrogens is 882 g/mol. The number of hydrogen-bond donors (Lipinski definition) is 0. The second-order valence-electron chi connectivity index (χ2n) is 14.5. The minimum absolute atomic E-state index is 0. The van der Waals surface area contributed by atoms with Crippen LogP contribution < -0.4 is 50.0 Å². The van der Waals surface area contributed by atoms with Crippen LogP contribution in [0.25, 0.3) is 21.5 Å². The van der Waals surface area contributed by atoms with Gasteiger partial charge in [-0.05, 0) is 0 Å². The van der Waals surface area contributed by atoms with Crippen molar-refractivity contribution >= 4 is 90.1 Å². The van der Waals surface area contributed by atoms with Crippen LogP contribution in [0.5, 0.6) is 11.5 Å². The molecule has 6 bridgehead atoms. The van der Waals surface area contributed by atoms with Crippen molar-refractivity contribution in [2.45, 2.75) is 58.3 Å². The smallest absolute Gasteiger partial charge is 0.412 e. The van der Waals surface area contributed by atoms with Gasteiger partial charge in [0.15, 0.2) is 0 Å². The van der Waals surface area contributed by atoms with Crippen LogP contribution in [0, 0.1) is 13.8 Å². The quantitative estimate of drug-likeness (QED) is 0.122. The van der Waals surface area contributed by atoms with E-state index in [1.165, 1.54) is 12.1 Å². The standard InChI is InChI=1S/C42H36N8O5S.In.Na.H2O/c1-5-7-19-54-29-17-13-22(3)31-33(29)41-47-37-27-16-15-24(56(51,52)53)21-28(27)38(44-37)48-42-34-30(55-20-8-6-2)18-14-23(4)32(34)40(50-42)46-36-26-12-10-9-11-25(26)35(43-36)45-39(31)49-41;;;/h9-18,21H,5-8,19-20H2,1-4H3,(H-2,43,44,45,46,47,48,49,50,51,52,53);;;1H2/q-2;+2;+1;/p-1. The maximum absolute atomic E-state index is 12.4. The van der Waals surface area contributed by atoms with Gasteiger partial charge in [0.25, 0.3) is 0 Å². The van der Waals surface area contributed by atoms with Gasteiger partial charge in [0.05, 0.1) is 0 Å². The van der Waals surface area contributed by atoms with Gasteiger partial charge in [0.1, 0.15) is 0 Å². The first kappa shape index (κ1) is 41.3. The van der Waals surface area contributed by atoms with Crippen LogP contribution in [0.3, 0.4) is 0 Å². The Morgan fingerprint density at radius 2 is 1.12 bits per heavy atom. The van der Waals surface area contributed by atoms with Crippen molar-refractivity contribution in [2.75, 3.05) is 13.2 Å². The number of hydrogen-bond acceptors (Lipinski definition) is 11. The Morgan fingerprint density at radius 3 is 1.71 bits per heavy atom. The average Bonchev–Trinajstić information content (AvgIpc) is 3.90. The summed E-state index contributed by atoms with van der Waals surface area (Å²) in [5.41, 5.74) is 6.00. The number of fused-ring (bicyclic) bond motifs is 14. The van der Waals surface area contributed by atoms with Gasteiger partial charge in [-0.1, -0.05) is 0 Å². The van der Waals surface area contributed by atoms with Gasteiger partial charge in [0, 0.05) is 0 Å². The number of unbranched alkanes of at least 4 members (excludes halogenated alkanes) is 2. The van der Waals surface area contributed by atoms with E-state index in [-0.39, 0.29) is 45.8 Å². The van der Waals surface area contributed by atoms with Crippen molar-refractivity contribution in [1.29, 1.82) is 0 Å². The zero-order chi connectivity index (χ0) is 39.2. The maximum atomic E-state index is 12.4. The predicted octanol–water partition coefficient (Wildman–Crippen LogP) is 2.53. The molecule has 10 rings (SSSR count). The molecule has 0 spiro atoms. The molecule has 6 heterocycles. The Kier molecular flexibility index (Phi) is 11.1. The van der Waals surface area contributed by atoms with Gasteiger partial charge in [0.2, 0.25) is 0 Å². The first-order valence-corrected chi connectivity index (χ1v) is 23.4. The number of rotatable bonds is 9. The van der Waals surface area contributed by atoms with E-state index in [2.05, 4.69) is 38.9 Å². The zero-order valence-corrected chi connectivity index (χ0v) is 39.3. The monoisotopic (exact) mass is 919 g/mol. The number of amidine groups is 4. The molecule has 0 aliphatic carbocycles. The minimum atomic E-state index is -4.80. The summed E-state index contributed by atoms with van der Waals surface area (Å²) < 4.78 is 54.7. The Morgan fingerprint density at radius 1 is 0.610 bits per heavy atom. The van der Waals surface area contributed by atoms with E-state index < -0.39 is 33.6 Å². The fraction of sp³-hybridized carbons (Fsp3) is 0.238. The molecule has 17 heteroatoms. The largest absolute Gasteiger partial charge is 1.00 e. The SMILES string of the molecule is CCCCOc1ccc(C)c2c3[n]4c(c12)N=C1N=C(N=c2c5c(OCCCC)ccc(C)c5c([n]2[In]4)=NC2=NC(=N3)c3ccccc32)c2ccc(S(=O)(=O)[O-])cc21.O.[Na+]. The number of aromatic nitrogens is 2. The summed E-state index contributed by atoms with van der Waals surface area (Å²) in [6.45, 7) is 9.40. The molecule has 0 atom stereocenters. The van der Waals surface area contributed by atoms with Gasteiger partial charge in [-0.3, -0.25) is 0 Å². The number of aryl methyl sites for hydroxylation is 2. The van der Waals surface area contributed by atoms with Gasteiger partial charge < -0.3 is 5.48 Å². The Bertz CT molecular complexity index is 3150. The molecule has 0 amide bonds. The van der Waals surface area contributed by atoms with Crippen LogP contribution in [-0.4, -0.2) is 83.6 Å². The Hall–Kier alpha value is -4.42. The average molecular weight is 920 g/mol. The maximum Gasteiger partial charge on any atom is 1.00 e. The van der Waals surface area contributed by atoms with Gasteiger partial charge in [-0.15, -0.1) is 0 Å². The molecule has 4 aromatic carbocycles. The first-order valence-electron chi connectivity index (χ1n) is 19.1. The normalized spacial score (nSPS) is 14.3. The third-order valence-corrected chi connectivity index (χ3v) is 15.7. The van der Waals surface area contributed by atoms with Crippen molar-refractivity contribution in [2.24, 2.45) is 30.0 Å². The molecule has 6 aromatic rings. The number of aliphatic imine (C=N–C) groups is 4. The fourth-order valence-electron chi connectivity index (χ4n) is 7.86. The van der Waals surface area contributed by atoms with Crippen molar-refractivity contribution in [3.05, 3.63) is 111 Å². The summed E-state index contributed by atoms with van der Waals surface area (Å²) in [5.74, 6) is 4.27. The van der Waals surface area contributed by atoms with Crippen LogP contribution in [-0.2, 0) is 10.1 Å². The molecule has 59 heavy (non-hydrogen) atoms. The van der Waals surface area contributed by atoms with Crippen molar-refractivity contribution < 1.29 is 57.5 Å². The van der Waals surface area contributed by atoms with Gasteiger partial charge >= 0.3 is 371 Å². The Labute approximate surface area is 373 Å². The summed E-state index contributed by atoms with van der Waals surface area (Å²) in [5, 5.41) is 3.34. The number of nitrogens with zero attached hydrogens (tertiary/aromatic N) is 8. The topological polar surface area (TPSA) is 191 Å². The first-order chi connectivity index (χ1) is 27.6. The second-order valence-corrected chi connectivity index (χ2v) is 19.5. The van der Waals surface area contributed by atoms with Crippen LogP contribution in [0.2, 0.25) is 0 Å². The van der Waals surface area contributed by atoms with E-state index in [0.29, 0.717) is 76.0 Å². The van der Waals surface area contributed by atoms with E-state index in [0.717, 1.165) is 69.5 Å². The second kappa shape index (κ2) is 15.9. The summed E-state index contributed by atoms with van der Waals surface area (Å²) in [7, 11) is -4.80. The molecule has 14 nitrogen and oxygen atoms in total. The summed E-state index contributed by atoms with van der Waals surface area (Å²) in [6.07, 6.45) is 3.67.